The number of carboxylic acid groups (broad SMARTS) is 3. The second-order valence-corrected chi connectivity index (χ2v) is 36.8. The highest BCUT2D eigenvalue weighted by atomic mass is 32.2. The first-order valence-electron chi connectivity index (χ1n) is 43.1. The van der Waals surface area contributed by atoms with E-state index in [1.807, 2.05) is 10.6 Å². The first-order chi connectivity index (χ1) is 62.9. The van der Waals surface area contributed by atoms with Crippen LogP contribution in [0.2, 0.25) is 0 Å². The van der Waals surface area contributed by atoms with Crippen LogP contribution in [0.4, 0.5) is 0 Å². The molecule has 0 aromatic carbocycles. The van der Waals surface area contributed by atoms with Gasteiger partial charge in [-0.15, -0.1) is 0 Å². The predicted molar refractivity (Wildman–Crippen MR) is 476 cm³/mol. The molecule has 4 rings (SSSR count). The van der Waals surface area contributed by atoms with Crippen molar-refractivity contribution in [3.8, 4) is 0 Å². The van der Waals surface area contributed by atoms with Crippen molar-refractivity contribution in [1.29, 1.82) is 0 Å². The van der Waals surface area contributed by atoms with Crippen LogP contribution in [-0.2, 0) is 110 Å². The molecule has 30 N–H and O–H groups in total. The van der Waals surface area contributed by atoms with Crippen molar-refractivity contribution in [2.75, 3.05) is 56.7 Å². The average molecular weight is 1960 g/mol. The van der Waals surface area contributed by atoms with Gasteiger partial charge in [0, 0.05) is 46.0 Å². The molecular weight excluding hydrogens is 1830 g/mol. The van der Waals surface area contributed by atoms with Gasteiger partial charge in [0.05, 0.1) is 44.1 Å². The molecule has 0 saturated carbocycles. The molecule has 4 aliphatic heterocycles. The fourth-order valence-corrected chi connectivity index (χ4v) is 16.7. The Kier molecular flexibility index (Phi) is 47.3. The van der Waals surface area contributed by atoms with E-state index in [1.165, 1.54) is 27.7 Å². The van der Waals surface area contributed by atoms with Crippen molar-refractivity contribution in [3.63, 3.8) is 0 Å². The minimum atomic E-state index is -3.00. The molecule has 0 radical (unpaired) electrons. The smallest absolute Gasteiger partial charge is 0.335 e. The maximum atomic E-state index is 15.7. The summed E-state index contributed by atoms with van der Waals surface area (Å²) in [6.07, 6.45) is -5.83. The molecule has 134 heavy (non-hydrogen) atoms. The van der Waals surface area contributed by atoms with E-state index in [2.05, 4.69) is 97.0 Å². The monoisotopic (exact) mass is 1960 g/mol. The molecule has 52 nitrogen and oxygen atoms in total. The van der Waals surface area contributed by atoms with Gasteiger partial charge in [0.2, 0.25) is 112 Å². The van der Waals surface area contributed by atoms with Gasteiger partial charge in [0.15, 0.2) is 6.10 Å². The second-order valence-electron chi connectivity index (χ2n) is 32.6. The summed E-state index contributed by atoms with van der Waals surface area (Å²) in [6.45, 7) is 13.1. The number of aliphatic hydroxyl groups is 4. The Morgan fingerprint density at radius 3 is 1.55 bits per heavy atom. The molecule has 0 aromatic heterocycles. The standard InChI is InChI=1S/C79H126N22O30S3/c1-13-31(3)52-72(122)92-47-30-134-39(11)56(77(127)93-46-29-133-38(10)55(75(125)86-36(8)63(113)95-52)98-73(123)53(32(4)14-2)96-70(120)48-19-17-23-101(48)50(106)25-83-64(114)43(26-102)89-61(111)34(6)85-68(46)118)97-66(116)44(27-103)90-62(112)35(7)84-67(117)45(91-65(115)41(20-21-51(107)108)87-60(110)33(5)81)28-132-40(12)57(76(126)88-42(78(128)129)18-15-16-22-80)99-74(124)54(37(9)104)94-49(105)24-82-71(121)58(100-69(47)119)59(109)79(130)131/h31-33,35-48,52-59,102-104,109H,6,13-30,80-81H2,1-5,7-12H3,(H,82,121)(H,83,114)(H,84,117)(H,85,118)(H,86,125)(H,87,110)(H,88,126)(H,89,111)(H,90,112)(H,91,115)(H,92,122)(H,93,127)(H,94,105)(H,95,113)(H,96,120)(H,97,116)(H,98,123)(H,99,124)(H,100,119)(H,107,108)(H,128,129)(H,130,131)/t31-,32-,33-,35-,36-,37+,38-,39-,40-,41-,42-,43-,44-,45-,46-,47-,48-,52-,53-,54-,55+,56+,57+,58-,59+/m0/s1. The number of thioether (sulfide) groups is 3. The number of hydrogen-bond donors (Lipinski definition) is 28. The first-order valence-corrected chi connectivity index (χ1v) is 46.3. The summed E-state index contributed by atoms with van der Waals surface area (Å²) in [5.74, 6) is -35.4. The number of amides is 20. The Labute approximate surface area is 782 Å². The number of carbonyl (C=O) groups excluding carboxylic acids is 20. The van der Waals surface area contributed by atoms with Gasteiger partial charge in [-0.2, -0.15) is 35.3 Å². The zero-order valence-corrected chi connectivity index (χ0v) is 78.2. The topological polar surface area (TPSA) is 818 Å². The van der Waals surface area contributed by atoms with E-state index >= 15 is 28.8 Å². The van der Waals surface area contributed by atoms with E-state index in [9.17, 15) is 117 Å². The van der Waals surface area contributed by atoms with Crippen LogP contribution in [0.3, 0.4) is 0 Å². The number of hydrogen-bond acceptors (Lipinski definition) is 32. The molecule has 55 heteroatoms. The van der Waals surface area contributed by atoms with Crippen molar-refractivity contribution in [2.24, 2.45) is 23.3 Å². The number of nitrogens with zero attached hydrogens (tertiary/aromatic N) is 1. The molecule has 4 aliphatic rings. The van der Waals surface area contributed by atoms with E-state index in [0.717, 1.165) is 32.6 Å². The van der Waals surface area contributed by atoms with Crippen LogP contribution in [0, 0.1) is 11.8 Å². The SMILES string of the molecule is C=C1NC(=O)[C@@H]2CS[C@@H](C)[C@@H](NC(=O)[C@H]([C@@H](C)CC)NC(=O)[C@@H]3CCCN3C(=O)CNC(=O)[C@H](CO)NC1=O)C(=O)N[C@@H](C)C(=O)N[C@@H]([C@@H](C)CC)C(=O)N[C@H]1CS[C@@H](C)[C@@H](NC(=O)[C@H](CO)NC(=O)[C@H](C)NC(=O)[C@@H](NC(=O)[C@H](CCC(=O)O)NC(=O)[C@H](C)N)CS[C@@H](C)[C@H](C(=O)N[C@@H](CCCCN)C(=O)O)NC(=O)[C@H]([C@@H](C)O)NC(=O)CNC(=O)[C@H]([C@@H](O)C(=O)O)NC1=O)C(=O)N2. The molecule has 4 bridgehead atoms. The summed E-state index contributed by atoms with van der Waals surface area (Å²) in [4.78, 5) is 329. The minimum absolute atomic E-state index is 0.0135. The average Bonchev–Trinajstić information content (AvgIpc) is 1.78. The summed E-state index contributed by atoms with van der Waals surface area (Å²) in [5.41, 5.74) is 10.5. The summed E-state index contributed by atoms with van der Waals surface area (Å²) in [6, 6.07) is -34.6. The number of carbonyl (C=O) groups is 23. The molecule has 0 aromatic rings. The highest BCUT2D eigenvalue weighted by molar-refractivity contribution is 8.00. The fraction of sp³-hybridized carbons (Fsp3) is 0.684. The zero-order valence-electron chi connectivity index (χ0n) is 75.7. The Balaban J connectivity index is 2.13. The minimum Gasteiger partial charge on any atom is -0.481 e. The van der Waals surface area contributed by atoms with Crippen LogP contribution in [0.5, 0.6) is 0 Å². The molecule has 4 fully saturated rings. The van der Waals surface area contributed by atoms with Crippen LogP contribution >= 0.6 is 35.3 Å². The molecule has 0 aliphatic carbocycles. The molecule has 25 atom stereocenters. The van der Waals surface area contributed by atoms with Gasteiger partial charge in [-0.1, -0.05) is 67.9 Å². The molecular formula is C79H126N22O30S3. The van der Waals surface area contributed by atoms with Gasteiger partial charge in [0.25, 0.3) is 5.91 Å². The van der Waals surface area contributed by atoms with Gasteiger partial charge in [-0.3, -0.25) is 101 Å². The lowest BCUT2D eigenvalue weighted by molar-refractivity contribution is -0.152. The lowest BCUT2D eigenvalue weighted by Crippen LogP contribution is -2.64. The third-order valence-electron chi connectivity index (χ3n) is 22.1. The Bertz CT molecular complexity index is 4310. The third-order valence-corrected chi connectivity index (χ3v) is 26.1. The summed E-state index contributed by atoms with van der Waals surface area (Å²) >= 11 is 1.58. The van der Waals surface area contributed by atoms with Crippen LogP contribution in [0.25, 0.3) is 0 Å². The highest BCUT2D eigenvalue weighted by Gasteiger charge is 2.46. The molecule has 4 heterocycles. The third kappa shape index (κ3) is 35.0. The normalized spacial score (nSPS) is 29.0. The van der Waals surface area contributed by atoms with E-state index in [0.29, 0.717) is 35.3 Å². The zero-order chi connectivity index (χ0) is 101. The van der Waals surface area contributed by atoms with Crippen molar-refractivity contribution >= 4 is 171 Å². The molecule has 0 unspecified atom stereocenters. The van der Waals surface area contributed by atoms with Crippen molar-refractivity contribution in [3.05, 3.63) is 12.3 Å². The van der Waals surface area contributed by atoms with Crippen molar-refractivity contribution in [1.82, 2.24) is 106 Å². The van der Waals surface area contributed by atoms with E-state index < -0.39 is 347 Å². The second kappa shape index (κ2) is 55.3. The quantitative estimate of drug-likeness (QED) is 0.0334. The van der Waals surface area contributed by atoms with Crippen LogP contribution in [0.1, 0.15) is 134 Å². The van der Waals surface area contributed by atoms with Crippen LogP contribution in [-0.4, -0.2) is 370 Å². The van der Waals surface area contributed by atoms with Gasteiger partial charge >= 0.3 is 17.9 Å². The van der Waals surface area contributed by atoms with E-state index in [1.54, 1.807) is 20.8 Å². The molecule has 0 spiro atoms. The predicted octanol–water partition coefficient (Wildman–Crippen LogP) is -12.6. The number of aliphatic carboxylic acids is 3. The Morgan fingerprint density at radius 1 is 0.500 bits per heavy atom. The van der Waals surface area contributed by atoms with Crippen molar-refractivity contribution in [2.45, 2.75) is 271 Å². The van der Waals surface area contributed by atoms with Crippen LogP contribution in [0.15, 0.2) is 12.3 Å². The van der Waals surface area contributed by atoms with Gasteiger partial charge in [-0.05, 0) is 84.6 Å². The fourth-order valence-electron chi connectivity index (χ4n) is 13.4. The summed E-state index contributed by atoms with van der Waals surface area (Å²) in [5, 5.41) is 113. The van der Waals surface area contributed by atoms with Crippen molar-refractivity contribution < 1.29 is 146 Å². The lowest BCUT2D eigenvalue weighted by Gasteiger charge is -2.33. The number of nitrogens with two attached hydrogens (primary N) is 2. The van der Waals surface area contributed by atoms with E-state index in [4.69, 9.17) is 11.5 Å². The van der Waals surface area contributed by atoms with E-state index in [-0.39, 0.29) is 58.0 Å². The highest BCUT2D eigenvalue weighted by Crippen LogP contribution is 2.25. The summed E-state index contributed by atoms with van der Waals surface area (Å²) in [7, 11) is 0. The van der Waals surface area contributed by atoms with Crippen LogP contribution < -0.4 is 112 Å². The van der Waals surface area contributed by atoms with Gasteiger partial charge < -0.3 is 153 Å². The number of unbranched alkanes of at least 4 members (excludes halogenated alkanes) is 1. The Hall–Kier alpha value is -11.6. The number of fused-ring (bicyclic) bond motifs is 9. The first kappa shape index (κ1) is 115. The molecule has 4 saturated heterocycles. The lowest BCUT2D eigenvalue weighted by atomic mass is 9.97. The Morgan fingerprint density at radius 2 is 1.01 bits per heavy atom. The maximum Gasteiger partial charge on any atom is 0.335 e. The van der Waals surface area contributed by atoms with Gasteiger partial charge in [0.1, 0.15) is 103 Å². The van der Waals surface area contributed by atoms with Gasteiger partial charge in [-0.25, -0.2) is 9.59 Å². The maximum absolute atomic E-state index is 15.7. The molecule has 20 amide bonds. The number of aliphatic hydroxyl groups excluding tert-OH is 4. The summed E-state index contributed by atoms with van der Waals surface area (Å²) < 4.78 is 0. The number of rotatable bonds is 23. The largest absolute Gasteiger partial charge is 0.481 e. The molecule has 750 valence electrons. The number of carboxylic acids is 3. The number of nitrogens with one attached hydrogen (secondary N) is 19.